The first-order valence-electron chi connectivity index (χ1n) is 5.83. The molecule has 2 heterocycles. The fraction of sp³-hybridized carbons (Fsp3) is 0.308. The summed E-state index contributed by atoms with van der Waals surface area (Å²) in [6.45, 7) is 0. The molecule has 1 unspecified atom stereocenters. The number of carbonyl (C=O) groups excluding carboxylic acids is 1. The minimum Gasteiger partial charge on any atom is -0.468 e. The van der Waals surface area contributed by atoms with E-state index in [9.17, 15) is 18.0 Å². The van der Waals surface area contributed by atoms with Crippen LogP contribution in [0.1, 0.15) is 12.8 Å². The molecule has 0 radical (unpaired) electrons. The zero-order valence-electron chi connectivity index (χ0n) is 9.78. The van der Waals surface area contributed by atoms with Crippen molar-refractivity contribution in [2.24, 2.45) is 0 Å². The molecule has 19 heavy (non-hydrogen) atoms. The van der Waals surface area contributed by atoms with Gasteiger partial charge >= 0.3 is 6.18 Å². The van der Waals surface area contributed by atoms with Crippen LogP contribution in [0.2, 0.25) is 0 Å². The zero-order valence-corrected chi connectivity index (χ0v) is 9.78. The van der Waals surface area contributed by atoms with E-state index < -0.39 is 12.0 Å². The molecule has 100 valence electrons. The summed E-state index contributed by atoms with van der Waals surface area (Å²) in [7, 11) is 0. The Labute approximate surface area is 107 Å². The topological polar surface area (TPSA) is 29.5 Å². The number of Topliss-reactive ketones (excluding diaryl/α,β-unsaturated/α-hetero) is 1. The van der Waals surface area contributed by atoms with Crippen molar-refractivity contribution in [3.63, 3.8) is 0 Å². The molecular formula is C13H10F3NO2. The first-order chi connectivity index (χ1) is 8.97. The van der Waals surface area contributed by atoms with Gasteiger partial charge in [0.1, 0.15) is 5.75 Å². The lowest BCUT2D eigenvalue weighted by atomic mass is 10.0. The third kappa shape index (κ3) is 1.97. The number of carbonyl (C=O) groups is 1. The average Bonchev–Trinajstić information content (AvgIpc) is 2.74. The Morgan fingerprint density at radius 1 is 1.32 bits per heavy atom. The van der Waals surface area contributed by atoms with Crippen LogP contribution in [-0.2, 0) is 4.79 Å². The Bertz CT molecular complexity index is 565. The number of allylic oxidation sites excluding steroid dienone is 1. The third-order valence-corrected chi connectivity index (χ3v) is 3.22. The second-order valence-corrected chi connectivity index (χ2v) is 4.47. The average molecular weight is 269 g/mol. The van der Waals surface area contributed by atoms with E-state index in [1.807, 2.05) is 0 Å². The predicted molar refractivity (Wildman–Crippen MR) is 61.7 cm³/mol. The summed E-state index contributed by atoms with van der Waals surface area (Å²) in [5.41, 5.74) is 0.476. The SMILES string of the molecule is O=C(C1=CN2c3ccccc3OC2CC1)C(F)(F)F. The summed E-state index contributed by atoms with van der Waals surface area (Å²) >= 11 is 0. The van der Waals surface area contributed by atoms with Gasteiger partial charge in [-0.2, -0.15) is 13.2 Å². The van der Waals surface area contributed by atoms with Gasteiger partial charge in [-0.1, -0.05) is 12.1 Å². The zero-order chi connectivity index (χ0) is 13.6. The number of anilines is 1. The first kappa shape index (κ1) is 12.1. The molecule has 3 nitrogen and oxygen atoms in total. The first-order valence-corrected chi connectivity index (χ1v) is 5.83. The van der Waals surface area contributed by atoms with E-state index in [4.69, 9.17) is 4.74 Å². The van der Waals surface area contributed by atoms with Crippen LogP contribution in [0.25, 0.3) is 0 Å². The van der Waals surface area contributed by atoms with Gasteiger partial charge < -0.3 is 9.64 Å². The van der Waals surface area contributed by atoms with E-state index in [-0.39, 0.29) is 18.2 Å². The maximum atomic E-state index is 12.4. The number of alkyl halides is 3. The summed E-state index contributed by atoms with van der Waals surface area (Å²) in [5.74, 6) is -1.14. The molecule has 2 aliphatic heterocycles. The normalized spacial score (nSPS) is 21.3. The van der Waals surface area contributed by atoms with Crippen LogP contribution in [0.3, 0.4) is 0 Å². The highest BCUT2D eigenvalue weighted by atomic mass is 19.4. The molecule has 0 aromatic heterocycles. The fourth-order valence-electron chi connectivity index (χ4n) is 2.34. The van der Waals surface area contributed by atoms with E-state index in [0.29, 0.717) is 17.9 Å². The Kier molecular flexibility index (Phi) is 2.55. The Morgan fingerprint density at radius 3 is 2.79 bits per heavy atom. The van der Waals surface area contributed by atoms with Gasteiger partial charge in [0.25, 0.3) is 5.78 Å². The smallest absolute Gasteiger partial charge is 0.454 e. The number of para-hydroxylation sites is 2. The van der Waals surface area contributed by atoms with Crippen molar-refractivity contribution in [1.82, 2.24) is 0 Å². The van der Waals surface area contributed by atoms with Crippen LogP contribution in [0, 0.1) is 0 Å². The van der Waals surface area contributed by atoms with Crippen molar-refractivity contribution >= 4 is 11.5 Å². The third-order valence-electron chi connectivity index (χ3n) is 3.22. The van der Waals surface area contributed by atoms with Gasteiger partial charge in [0.05, 0.1) is 5.69 Å². The number of fused-ring (bicyclic) bond motifs is 3. The van der Waals surface area contributed by atoms with Gasteiger partial charge in [-0.05, 0) is 18.6 Å². The molecule has 0 bridgehead atoms. The largest absolute Gasteiger partial charge is 0.468 e. The van der Waals surface area contributed by atoms with E-state index in [2.05, 4.69) is 0 Å². The Hall–Kier alpha value is -1.98. The van der Waals surface area contributed by atoms with Gasteiger partial charge in [0, 0.05) is 18.2 Å². The van der Waals surface area contributed by atoms with Gasteiger partial charge in [0.2, 0.25) is 0 Å². The van der Waals surface area contributed by atoms with Crippen LogP contribution in [0.5, 0.6) is 5.75 Å². The number of ketones is 1. The van der Waals surface area contributed by atoms with Gasteiger partial charge in [-0.15, -0.1) is 0 Å². The van der Waals surface area contributed by atoms with Crippen molar-refractivity contribution in [3.8, 4) is 5.75 Å². The predicted octanol–water partition coefficient (Wildman–Crippen LogP) is 3.02. The number of nitrogens with zero attached hydrogens (tertiary/aromatic N) is 1. The van der Waals surface area contributed by atoms with Gasteiger partial charge in [-0.25, -0.2) is 0 Å². The number of benzene rings is 1. The number of rotatable bonds is 1. The molecule has 3 rings (SSSR count). The molecule has 0 N–H and O–H groups in total. The van der Waals surface area contributed by atoms with Gasteiger partial charge in [0.15, 0.2) is 6.23 Å². The fourth-order valence-corrected chi connectivity index (χ4v) is 2.34. The lowest BCUT2D eigenvalue weighted by Gasteiger charge is -2.27. The quantitative estimate of drug-likeness (QED) is 0.784. The number of halogens is 3. The Balaban J connectivity index is 1.95. The molecule has 0 amide bonds. The monoisotopic (exact) mass is 269 g/mol. The molecule has 0 saturated heterocycles. The molecule has 1 atom stereocenters. The van der Waals surface area contributed by atoms with Crippen LogP contribution >= 0.6 is 0 Å². The van der Waals surface area contributed by atoms with Gasteiger partial charge in [-0.3, -0.25) is 4.79 Å². The van der Waals surface area contributed by atoms with Crippen molar-refractivity contribution in [1.29, 1.82) is 0 Å². The van der Waals surface area contributed by atoms with Crippen LogP contribution in [0.15, 0.2) is 36.0 Å². The second kappa shape index (κ2) is 4.01. The molecule has 6 heteroatoms. The maximum Gasteiger partial charge on any atom is 0.454 e. The summed E-state index contributed by atoms with van der Waals surface area (Å²) < 4.78 is 42.9. The summed E-state index contributed by atoms with van der Waals surface area (Å²) in [5, 5.41) is 0. The molecule has 0 aliphatic carbocycles. The highest BCUT2D eigenvalue weighted by molar-refractivity contribution is 6.00. The second-order valence-electron chi connectivity index (χ2n) is 4.47. The van der Waals surface area contributed by atoms with Crippen molar-refractivity contribution in [3.05, 3.63) is 36.0 Å². The highest BCUT2D eigenvalue weighted by Gasteiger charge is 2.43. The van der Waals surface area contributed by atoms with Crippen molar-refractivity contribution in [2.45, 2.75) is 25.2 Å². The summed E-state index contributed by atoms with van der Waals surface area (Å²) in [4.78, 5) is 12.9. The Morgan fingerprint density at radius 2 is 2.05 bits per heavy atom. The molecular weight excluding hydrogens is 259 g/mol. The highest BCUT2D eigenvalue weighted by Crippen LogP contribution is 2.41. The van der Waals surface area contributed by atoms with Crippen LogP contribution in [0.4, 0.5) is 18.9 Å². The standard InChI is InChI=1S/C13H10F3NO2/c14-13(15,16)12(18)8-5-6-11-17(7-8)9-3-1-2-4-10(9)19-11/h1-4,7,11H,5-6H2. The maximum absolute atomic E-state index is 12.4. The lowest BCUT2D eigenvalue weighted by Crippen LogP contribution is -2.36. The van der Waals surface area contributed by atoms with E-state index in [0.717, 1.165) is 0 Å². The molecule has 1 aromatic carbocycles. The summed E-state index contributed by atoms with van der Waals surface area (Å²) in [6.07, 6.45) is -3.44. The van der Waals surface area contributed by atoms with Crippen LogP contribution < -0.4 is 9.64 Å². The van der Waals surface area contributed by atoms with Crippen molar-refractivity contribution in [2.75, 3.05) is 4.90 Å². The minimum atomic E-state index is -4.82. The van der Waals surface area contributed by atoms with E-state index >= 15 is 0 Å². The molecule has 1 aromatic rings. The van der Waals surface area contributed by atoms with E-state index in [1.165, 1.54) is 6.20 Å². The molecule has 0 saturated carbocycles. The lowest BCUT2D eigenvalue weighted by molar-refractivity contribution is -0.166. The molecule has 2 aliphatic rings. The summed E-state index contributed by atoms with van der Waals surface area (Å²) in [6, 6.07) is 7.08. The minimum absolute atomic E-state index is 0.0769. The molecule has 0 spiro atoms. The number of hydrogen-bond acceptors (Lipinski definition) is 3. The van der Waals surface area contributed by atoms with Crippen molar-refractivity contribution < 1.29 is 22.7 Å². The number of hydrogen-bond donors (Lipinski definition) is 0. The van der Waals surface area contributed by atoms with Crippen LogP contribution in [-0.4, -0.2) is 18.2 Å². The molecule has 0 fully saturated rings. The van der Waals surface area contributed by atoms with E-state index in [1.54, 1.807) is 29.2 Å². The number of ether oxygens (including phenoxy) is 1.